The fraction of sp³-hybridized carbons (Fsp3) is 0. The molecule has 1 aromatic carbocycles. The molecule has 0 unspecified atom stereocenters. The standard InChI is InChI=1S/C12H8N2O2S.Pb/c15-11-10(17-12(16)14-11)5-7-6-13-9-4-2-1-3-8(7)9;/h1-6H,(H2,13,14,15,16);/q;+1/p-1. The molecule has 3 rings (SSSR count). The van der Waals surface area contributed by atoms with Crippen LogP contribution >= 0.6 is 11.8 Å². The van der Waals surface area contributed by atoms with Crippen LogP contribution in [0.4, 0.5) is 4.79 Å². The monoisotopic (exact) mass is 451 g/mol. The van der Waals surface area contributed by atoms with Crippen molar-refractivity contribution in [1.82, 2.24) is 7.69 Å². The van der Waals surface area contributed by atoms with E-state index in [1.165, 1.54) is 0 Å². The number of aromatic nitrogens is 1. The number of hydrogen-bond acceptors (Lipinski definition) is 3. The Morgan fingerprint density at radius 2 is 2.06 bits per heavy atom. The summed E-state index contributed by atoms with van der Waals surface area (Å²) in [4.78, 5) is 23.1. The molecular weight excluding hydrogens is 443 g/mol. The molecule has 1 N–H and O–H groups in total. The summed E-state index contributed by atoms with van der Waals surface area (Å²) in [5.74, 6) is -0.310. The third-order valence-electron chi connectivity index (χ3n) is 2.67. The Bertz CT molecular complexity index is 705. The van der Waals surface area contributed by atoms with Crippen molar-refractivity contribution in [1.29, 1.82) is 0 Å². The minimum atomic E-state index is -0.310. The van der Waals surface area contributed by atoms with Crippen molar-refractivity contribution in [2.75, 3.05) is 0 Å². The number of imide groups is 1. The first kappa shape index (κ1) is 12.0. The van der Waals surface area contributed by atoms with Gasteiger partial charge in [0.25, 0.3) is 0 Å². The van der Waals surface area contributed by atoms with Gasteiger partial charge in [0, 0.05) is 0 Å². The number of rotatable bonds is 1. The second-order valence-electron chi connectivity index (χ2n) is 3.82. The Morgan fingerprint density at radius 3 is 2.78 bits per heavy atom. The third kappa shape index (κ3) is 2.01. The molecule has 0 spiro atoms. The molecule has 0 atom stereocenters. The first-order chi connectivity index (χ1) is 8.65. The van der Waals surface area contributed by atoms with Crippen LogP contribution < -0.4 is 5.32 Å². The van der Waals surface area contributed by atoms with Gasteiger partial charge in [-0.2, -0.15) is 0 Å². The molecule has 6 heteroatoms. The van der Waals surface area contributed by atoms with E-state index in [0.717, 1.165) is 54.3 Å². The Morgan fingerprint density at radius 1 is 1.28 bits per heavy atom. The predicted molar refractivity (Wildman–Crippen MR) is 72.2 cm³/mol. The molecule has 2 amide bonds. The van der Waals surface area contributed by atoms with Gasteiger partial charge in [-0.3, -0.25) is 0 Å². The van der Waals surface area contributed by atoms with E-state index in [9.17, 15) is 9.59 Å². The van der Waals surface area contributed by atoms with E-state index in [4.69, 9.17) is 0 Å². The van der Waals surface area contributed by atoms with Gasteiger partial charge in [0.05, 0.1) is 0 Å². The van der Waals surface area contributed by atoms with Crippen LogP contribution in [-0.4, -0.2) is 39.6 Å². The van der Waals surface area contributed by atoms with Crippen molar-refractivity contribution in [3.05, 3.63) is 40.9 Å². The van der Waals surface area contributed by atoms with Crippen LogP contribution in [0, 0.1) is 0 Å². The van der Waals surface area contributed by atoms with Crippen molar-refractivity contribution >= 4 is 66.0 Å². The second-order valence-corrected chi connectivity index (χ2v) is 6.71. The molecule has 1 aliphatic rings. The Hall–Kier alpha value is -1.09. The van der Waals surface area contributed by atoms with Crippen molar-refractivity contribution in [2.45, 2.75) is 0 Å². The molecule has 87 valence electrons. The Balaban J connectivity index is 2.13. The number of benzene rings is 1. The number of nitrogens with one attached hydrogen (secondary N) is 1. The molecule has 0 bridgehead atoms. The van der Waals surface area contributed by atoms with E-state index in [-0.39, 0.29) is 11.1 Å². The molecule has 18 heavy (non-hydrogen) atoms. The van der Waals surface area contributed by atoms with Gasteiger partial charge >= 0.3 is 124 Å². The van der Waals surface area contributed by atoms with Gasteiger partial charge in [0.1, 0.15) is 0 Å². The zero-order valence-electron chi connectivity index (χ0n) is 9.14. The zero-order valence-corrected chi connectivity index (χ0v) is 13.8. The van der Waals surface area contributed by atoms with Crippen LogP contribution in [0.15, 0.2) is 35.4 Å². The number of nitrogens with zero attached hydrogens (tertiary/aromatic N) is 1. The van der Waals surface area contributed by atoms with Gasteiger partial charge < -0.3 is 0 Å². The summed E-state index contributed by atoms with van der Waals surface area (Å²) in [7, 11) is 0. The van der Waals surface area contributed by atoms with Crippen molar-refractivity contribution in [2.24, 2.45) is 0 Å². The minimum absolute atomic E-state index is 0.305. The Kier molecular flexibility index (Phi) is 3.02. The van der Waals surface area contributed by atoms with E-state index < -0.39 is 0 Å². The number of thioether (sulfide) groups is 1. The molecule has 0 aliphatic carbocycles. The molecule has 2 heterocycles. The van der Waals surface area contributed by atoms with E-state index in [2.05, 4.69) is 13.8 Å². The summed E-state index contributed by atoms with van der Waals surface area (Å²) in [6, 6.07) is 8.04. The van der Waals surface area contributed by atoms with Crippen LogP contribution in [0.1, 0.15) is 5.56 Å². The maximum absolute atomic E-state index is 11.5. The van der Waals surface area contributed by atoms with E-state index in [1.54, 1.807) is 6.08 Å². The van der Waals surface area contributed by atoms with Crippen LogP contribution in [-0.2, 0) is 4.79 Å². The molecule has 1 aromatic heterocycles. The van der Waals surface area contributed by atoms with Crippen LogP contribution in [0.25, 0.3) is 17.0 Å². The SMILES string of the molecule is O=C1NC(=O)/C(=C/c2c[n]([Pb])c3ccccc23)S1. The molecular formula is C12H7N2O2PbS. The van der Waals surface area contributed by atoms with Crippen molar-refractivity contribution < 1.29 is 9.59 Å². The number of carbonyl (C=O) groups excluding carboxylic acids is 2. The molecule has 1 saturated heterocycles. The fourth-order valence-electron chi connectivity index (χ4n) is 1.88. The number of para-hydroxylation sites is 1. The van der Waals surface area contributed by atoms with Gasteiger partial charge in [-0.1, -0.05) is 0 Å². The van der Waals surface area contributed by atoms with Gasteiger partial charge in [-0.15, -0.1) is 0 Å². The summed E-state index contributed by atoms with van der Waals surface area (Å²) < 4.78 is 2.14. The average molecular weight is 450 g/mol. The predicted octanol–water partition coefficient (Wildman–Crippen LogP) is 1.90. The second kappa shape index (κ2) is 4.54. The molecule has 4 nitrogen and oxygen atoms in total. The van der Waals surface area contributed by atoms with Gasteiger partial charge in [0.15, 0.2) is 0 Å². The number of hydrogen-bond donors (Lipinski definition) is 1. The van der Waals surface area contributed by atoms with E-state index in [0.29, 0.717) is 4.91 Å². The van der Waals surface area contributed by atoms with Gasteiger partial charge in [0.2, 0.25) is 0 Å². The first-order valence-corrected chi connectivity index (χ1v) is 7.77. The topological polar surface area (TPSA) is 51.1 Å². The number of carbonyl (C=O) groups is 2. The molecule has 1 aliphatic heterocycles. The molecule has 1 fully saturated rings. The number of fused-ring (bicyclic) bond motifs is 1. The first-order valence-electron chi connectivity index (χ1n) is 5.22. The van der Waals surface area contributed by atoms with Crippen LogP contribution in [0.2, 0.25) is 0 Å². The van der Waals surface area contributed by atoms with Crippen LogP contribution in [0.5, 0.6) is 0 Å². The summed E-state index contributed by atoms with van der Waals surface area (Å²) >= 11 is 1.83. The normalized spacial score (nSPS) is 17.7. The van der Waals surface area contributed by atoms with Gasteiger partial charge in [-0.05, 0) is 0 Å². The molecule has 2 aromatic rings. The van der Waals surface area contributed by atoms with Crippen molar-refractivity contribution in [3.63, 3.8) is 0 Å². The summed E-state index contributed by atoms with van der Waals surface area (Å²) in [5, 5.41) is 3.06. The Labute approximate surface area is 124 Å². The van der Waals surface area contributed by atoms with Crippen molar-refractivity contribution in [3.8, 4) is 0 Å². The third-order valence-corrected chi connectivity index (χ3v) is 4.92. The quantitative estimate of drug-likeness (QED) is 0.534. The fourth-order valence-corrected chi connectivity index (χ4v) is 3.86. The average Bonchev–Trinajstić information content (AvgIpc) is 2.82. The van der Waals surface area contributed by atoms with E-state index >= 15 is 0 Å². The van der Waals surface area contributed by atoms with Gasteiger partial charge in [-0.25, -0.2) is 0 Å². The molecule has 3 radical (unpaired) electrons. The maximum atomic E-state index is 11.5. The summed E-state index contributed by atoms with van der Waals surface area (Å²) in [5.41, 5.74) is 2.14. The number of amides is 2. The van der Waals surface area contributed by atoms with Crippen LogP contribution in [0.3, 0.4) is 0 Å². The molecule has 0 saturated carbocycles. The summed E-state index contributed by atoms with van der Waals surface area (Å²) in [6.07, 6.45) is 3.79. The van der Waals surface area contributed by atoms with E-state index in [1.807, 2.05) is 24.4 Å². The summed E-state index contributed by atoms with van der Waals surface area (Å²) in [6.45, 7) is 0. The zero-order chi connectivity index (χ0) is 12.7.